The zero-order valence-electron chi connectivity index (χ0n) is 16.0. The number of aromatic nitrogens is 2. The molecule has 0 radical (unpaired) electrons. The van der Waals surface area contributed by atoms with Gasteiger partial charge in [-0.05, 0) is 25.0 Å². The van der Waals surface area contributed by atoms with Crippen LogP contribution in [0.15, 0.2) is 66.7 Å². The third-order valence-electron chi connectivity index (χ3n) is 5.13. The fourth-order valence-corrected chi connectivity index (χ4v) is 3.57. The van der Waals surface area contributed by atoms with Gasteiger partial charge in [-0.15, -0.1) is 0 Å². The molecular formula is C23H24N4O. The van der Waals surface area contributed by atoms with Crippen LogP contribution < -0.4 is 10.2 Å². The van der Waals surface area contributed by atoms with Gasteiger partial charge >= 0.3 is 0 Å². The van der Waals surface area contributed by atoms with Crippen LogP contribution in [0.2, 0.25) is 0 Å². The van der Waals surface area contributed by atoms with Crippen molar-refractivity contribution in [2.75, 3.05) is 17.3 Å². The molecule has 1 amide bonds. The Morgan fingerprint density at radius 2 is 1.61 bits per heavy atom. The normalized spacial score (nSPS) is 14.0. The summed E-state index contributed by atoms with van der Waals surface area (Å²) < 4.78 is 0. The van der Waals surface area contributed by atoms with Crippen LogP contribution >= 0.6 is 0 Å². The first-order valence-corrected chi connectivity index (χ1v) is 9.75. The Labute approximate surface area is 165 Å². The van der Waals surface area contributed by atoms with Crippen LogP contribution in [0.3, 0.4) is 0 Å². The summed E-state index contributed by atoms with van der Waals surface area (Å²) in [6, 6.07) is 21.6. The van der Waals surface area contributed by atoms with Gasteiger partial charge in [0.15, 0.2) is 5.82 Å². The number of nitrogens with zero attached hydrogens (tertiary/aromatic N) is 3. The lowest BCUT2D eigenvalue weighted by atomic mass is 10.2. The SMILES string of the molecule is CN(C(=O)c1cc(NC2CCCC2)nc(-c2ccccc2)n1)c1ccccc1. The molecule has 5 nitrogen and oxygen atoms in total. The lowest BCUT2D eigenvalue weighted by Gasteiger charge is -2.19. The third kappa shape index (κ3) is 4.03. The van der Waals surface area contributed by atoms with E-state index in [9.17, 15) is 4.79 Å². The Kier molecular flexibility index (Phi) is 5.33. The Hall–Kier alpha value is -3.21. The summed E-state index contributed by atoms with van der Waals surface area (Å²) >= 11 is 0. The number of nitrogens with one attached hydrogen (secondary N) is 1. The van der Waals surface area contributed by atoms with Crippen molar-refractivity contribution in [3.05, 3.63) is 72.4 Å². The highest BCUT2D eigenvalue weighted by atomic mass is 16.2. The molecule has 28 heavy (non-hydrogen) atoms. The molecule has 1 fully saturated rings. The Balaban J connectivity index is 1.69. The molecular weight excluding hydrogens is 348 g/mol. The fourth-order valence-electron chi connectivity index (χ4n) is 3.57. The van der Waals surface area contributed by atoms with E-state index in [1.807, 2.05) is 60.7 Å². The van der Waals surface area contributed by atoms with E-state index in [1.165, 1.54) is 12.8 Å². The minimum atomic E-state index is -0.153. The highest BCUT2D eigenvalue weighted by molar-refractivity contribution is 6.05. The maximum atomic E-state index is 13.1. The molecule has 1 aliphatic rings. The van der Waals surface area contributed by atoms with Gasteiger partial charge in [-0.1, -0.05) is 61.4 Å². The van der Waals surface area contributed by atoms with Crippen LogP contribution in [0, 0.1) is 0 Å². The second-order valence-corrected chi connectivity index (χ2v) is 7.15. The molecule has 2 aromatic carbocycles. The van der Waals surface area contributed by atoms with Crippen LogP contribution in [0.25, 0.3) is 11.4 Å². The summed E-state index contributed by atoms with van der Waals surface area (Å²) in [7, 11) is 1.77. The minimum Gasteiger partial charge on any atom is -0.367 e. The molecule has 1 aliphatic carbocycles. The summed E-state index contributed by atoms with van der Waals surface area (Å²) in [4.78, 5) is 24.0. The van der Waals surface area contributed by atoms with E-state index in [4.69, 9.17) is 0 Å². The molecule has 0 aliphatic heterocycles. The number of hydrogen-bond acceptors (Lipinski definition) is 4. The molecule has 0 bridgehead atoms. The topological polar surface area (TPSA) is 58.1 Å². The molecule has 1 aromatic heterocycles. The molecule has 0 saturated heterocycles. The molecule has 0 unspecified atom stereocenters. The van der Waals surface area contributed by atoms with E-state index in [1.54, 1.807) is 18.0 Å². The van der Waals surface area contributed by atoms with E-state index < -0.39 is 0 Å². The number of amides is 1. The number of carbonyl (C=O) groups excluding carboxylic acids is 1. The van der Waals surface area contributed by atoms with E-state index in [0.29, 0.717) is 23.4 Å². The molecule has 0 spiro atoms. The van der Waals surface area contributed by atoms with Crippen molar-refractivity contribution in [2.45, 2.75) is 31.7 Å². The van der Waals surface area contributed by atoms with Gasteiger partial charge in [-0.2, -0.15) is 0 Å². The van der Waals surface area contributed by atoms with Gasteiger partial charge in [0.2, 0.25) is 0 Å². The van der Waals surface area contributed by atoms with Crippen LogP contribution in [0.4, 0.5) is 11.5 Å². The lowest BCUT2D eigenvalue weighted by molar-refractivity contribution is 0.0988. The monoisotopic (exact) mass is 372 g/mol. The van der Waals surface area contributed by atoms with Crippen molar-refractivity contribution in [3.8, 4) is 11.4 Å². The highest BCUT2D eigenvalue weighted by Crippen LogP contribution is 2.24. The molecule has 0 atom stereocenters. The summed E-state index contributed by atoms with van der Waals surface area (Å²) in [5, 5.41) is 3.50. The van der Waals surface area contributed by atoms with Crippen molar-refractivity contribution >= 4 is 17.4 Å². The summed E-state index contributed by atoms with van der Waals surface area (Å²) in [6.07, 6.45) is 4.74. The summed E-state index contributed by atoms with van der Waals surface area (Å²) in [6.45, 7) is 0. The molecule has 142 valence electrons. The Bertz CT molecular complexity index is 937. The predicted octanol–water partition coefficient (Wildman–Crippen LogP) is 4.77. The maximum Gasteiger partial charge on any atom is 0.276 e. The van der Waals surface area contributed by atoms with E-state index >= 15 is 0 Å². The zero-order valence-corrected chi connectivity index (χ0v) is 16.0. The first kappa shape index (κ1) is 18.2. The van der Waals surface area contributed by atoms with Gasteiger partial charge < -0.3 is 10.2 Å². The van der Waals surface area contributed by atoms with Crippen molar-refractivity contribution in [2.24, 2.45) is 0 Å². The summed E-state index contributed by atoms with van der Waals surface area (Å²) in [5.41, 5.74) is 2.12. The molecule has 1 heterocycles. The van der Waals surface area contributed by atoms with Crippen molar-refractivity contribution in [3.63, 3.8) is 0 Å². The maximum absolute atomic E-state index is 13.1. The van der Waals surface area contributed by atoms with Crippen LogP contribution in [0.5, 0.6) is 0 Å². The molecule has 1 N–H and O–H groups in total. The number of hydrogen-bond donors (Lipinski definition) is 1. The van der Waals surface area contributed by atoms with E-state index in [0.717, 1.165) is 24.1 Å². The quantitative estimate of drug-likeness (QED) is 0.700. The molecule has 5 heteroatoms. The van der Waals surface area contributed by atoms with Crippen molar-refractivity contribution in [1.29, 1.82) is 0 Å². The number of benzene rings is 2. The Morgan fingerprint density at radius 1 is 0.964 bits per heavy atom. The standard InChI is InChI=1S/C23H24N4O/c1-27(19-14-6-3-7-15-19)23(28)20-16-21(24-18-12-8-9-13-18)26-22(25-20)17-10-4-2-5-11-17/h2-7,10-11,14-16,18H,8-9,12-13H2,1H3,(H,24,25,26). The van der Waals surface area contributed by atoms with E-state index in [-0.39, 0.29) is 5.91 Å². The second-order valence-electron chi connectivity index (χ2n) is 7.15. The van der Waals surface area contributed by atoms with Gasteiger partial charge in [-0.3, -0.25) is 4.79 Å². The number of para-hydroxylation sites is 1. The van der Waals surface area contributed by atoms with Crippen LogP contribution in [0.1, 0.15) is 36.2 Å². The van der Waals surface area contributed by atoms with Crippen LogP contribution in [-0.2, 0) is 0 Å². The van der Waals surface area contributed by atoms with Gasteiger partial charge in [0.05, 0.1) is 0 Å². The van der Waals surface area contributed by atoms with Gasteiger partial charge in [0, 0.05) is 30.4 Å². The second kappa shape index (κ2) is 8.21. The predicted molar refractivity (Wildman–Crippen MR) is 113 cm³/mol. The van der Waals surface area contributed by atoms with Crippen LogP contribution in [-0.4, -0.2) is 29.0 Å². The first-order valence-electron chi connectivity index (χ1n) is 9.75. The largest absolute Gasteiger partial charge is 0.367 e. The third-order valence-corrected chi connectivity index (χ3v) is 5.13. The average molecular weight is 372 g/mol. The Morgan fingerprint density at radius 3 is 2.29 bits per heavy atom. The highest BCUT2D eigenvalue weighted by Gasteiger charge is 2.20. The molecule has 3 aromatic rings. The van der Waals surface area contributed by atoms with Crippen molar-refractivity contribution in [1.82, 2.24) is 9.97 Å². The number of rotatable bonds is 5. The van der Waals surface area contributed by atoms with Gasteiger partial charge in [-0.25, -0.2) is 9.97 Å². The number of anilines is 2. The zero-order chi connectivity index (χ0) is 19.3. The van der Waals surface area contributed by atoms with E-state index in [2.05, 4.69) is 15.3 Å². The number of carbonyl (C=O) groups is 1. The fraction of sp³-hybridized carbons (Fsp3) is 0.261. The van der Waals surface area contributed by atoms with Crippen molar-refractivity contribution < 1.29 is 4.79 Å². The minimum absolute atomic E-state index is 0.153. The average Bonchev–Trinajstić information content (AvgIpc) is 3.26. The van der Waals surface area contributed by atoms with Gasteiger partial charge in [0.25, 0.3) is 5.91 Å². The first-order chi connectivity index (χ1) is 13.7. The smallest absolute Gasteiger partial charge is 0.276 e. The summed E-state index contributed by atoms with van der Waals surface area (Å²) in [5.74, 6) is 1.12. The molecule has 1 saturated carbocycles. The molecule has 4 rings (SSSR count). The lowest BCUT2D eigenvalue weighted by Crippen LogP contribution is -2.27. The van der Waals surface area contributed by atoms with Gasteiger partial charge in [0.1, 0.15) is 11.5 Å².